The molecular weight excluding hydrogens is 470 g/mol. The SMILES string of the molecule is CN(C(=O)C(N)CC(N)=O)[C@H]1CC[C@@]2(C)[C@H](CC[C@@H]3[C@@H]2CC[C@]2(C)[C@@H](c4ccc(=O)oc4)CC[C@]32O)C1. The first-order valence-corrected chi connectivity index (χ1v) is 14.0. The molecule has 9 atom stereocenters. The minimum absolute atomic E-state index is 0.113. The summed E-state index contributed by atoms with van der Waals surface area (Å²) in [4.78, 5) is 37.4. The third-order valence-electron chi connectivity index (χ3n) is 11.6. The monoisotopic (exact) mass is 513 g/mol. The van der Waals surface area contributed by atoms with Gasteiger partial charge in [0.1, 0.15) is 0 Å². The van der Waals surface area contributed by atoms with Gasteiger partial charge in [0.25, 0.3) is 0 Å². The van der Waals surface area contributed by atoms with Gasteiger partial charge in [-0.3, -0.25) is 9.59 Å². The lowest BCUT2D eigenvalue weighted by Gasteiger charge is -2.64. The summed E-state index contributed by atoms with van der Waals surface area (Å²) in [6.07, 6.45) is 10.1. The van der Waals surface area contributed by atoms with Crippen molar-refractivity contribution in [3.05, 3.63) is 34.4 Å². The minimum Gasteiger partial charge on any atom is -0.431 e. The van der Waals surface area contributed by atoms with E-state index in [9.17, 15) is 19.5 Å². The van der Waals surface area contributed by atoms with Gasteiger partial charge in [-0.25, -0.2) is 4.79 Å². The molecule has 2 amide bonds. The zero-order chi connectivity index (χ0) is 26.8. The standard InChI is InChI=1S/C29H43N3O5/c1-27-11-8-19(32(3)26(35)23(30)15-24(31)33)14-18(27)5-6-22-21(27)9-12-28(2)20(10-13-29(22,28)36)17-4-7-25(34)37-16-17/h4,7,16,18-23,36H,5-6,8-15,30H2,1-3H3,(H2,31,33)/t18-,19+,20-,21+,22-,23?,27+,28-,29+/m1/s1. The summed E-state index contributed by atoms with van der Waals surface area (Å²) in [5, 5.41) is 12.4. The van der Waals surface area contributed by atoms with Crippen molar-refractivity contribution in [1.82, 2.24) is 4.90 Å². The van der Waals surface area contributed by atoms with E-state index in [2.05, 4.69) is 13.8 Å². The molecule has 4 fully saturated rings. The van der Waals surface area contributed by atoms with Gasteiger partial charge in [0.2, 0.25) is 11.8 Å². The fourth-order valence-corrected chi connectivity index (χ4v) is 9.40. The largest absolute Gasteiger partial charge is 0.431 e. The molecule has 1 aromatic heterocycles. The lowest BCUT2D eigenvalue weighted by atomic mass is 9.43. The van der Waals surface area contributed by atoms with Gasteiger partial charge >= 0.3 is 5.63 Å². The molecular formula is C29H43N3O5. The summed E-state index contributed by atoms with van der Waals surface area (Å²) in [6.45, 7) is 4.68. The number of nitrogens with two attached hydrogens (primary N) is 2. The molecule has 0 saturated heterocycles. The van der Waals surface area contributed by atoms with Crippen molar-refractivity contribution in [2.24, 2.45) is 40.1 Å². The second kappa shape index (κ2) is 9.23. The molecule has 5 rings (SSSR count). The molecule has 0 bridgehead atoms. The summed E-state index contributed by atoms with van der Waals surface area (Å²) in [5.74, 6) is 0.621. The summed E-state index contributed by atoms with van der Waals surface area (Å²) in [6, 6.07) is 2.60. The molecule has 4 aliphatic carbocycles. The summed E-state index contributed by atoms with van der Waals surface area (Å²) in [5.41, 5.74) is 11.1. The number of likely N-dealkylation sites (N-methyl/N-ethyl adjacent to an activating group) is 1. The van der Waals surface area contributed by atoms with Gasteiger partial charge in [-0.05, 0) is 98.5 Å². The molecule has 0 radical (unpaired) electrons. The maximum absolute atomic E-state index is 12.9. The molecule has 1 heterocycles. The fraction of sp³-hybridized carbons (Fsp3) is 0.759. The summed E-state index contributed by atoms with van der Waals surface area (Å²) >= 11 is 0. The maximum Gasteiger partial charge on any atom is 0.335 e. The zero-order valence-corrected chi connectivity index (χ0v) is 22.4. The zero-order valence-electron chi connectivity index (χ0n) is 22.4. The van der Waals surface area contributed by atoms with E-state index in [1.54, 1.807) is 18.2 Å². The van der Waals surface area contributed by atoms with Crippen molar-refractivity contribution >= 4 is 11.8 Å². The van der Waals surface area contributed by atoms with Crippen LogP contribution in [-0.2, 0) is 9.59 Å². The lowest BCUT2D eigenvalue weighted by molar-refractivity contribution is -0.203. The Balaban J connectivity index is 1.33. The molecule has 0 aromatic carbocycles. The second-order valence-corrected chi connectivity index (χ2v) is 13.0. The van der Waals surface area contributed by atoms with E-state index >= 15 is 0 Å². The third kappa shape index (κ3) is 4.06. The number of rotatable bonds is 5. The molecule has 1 aromatic rings. The Morgan fingerprint density at radius 2 is 1.86 bits per heavy atom. The number of primary amides is 1. The molecule has 4 saturated carbocycles. The Morgan fingerprint density at radius 3 is 2.54 bits per heavy atom. The van der Waals surface area contributed by atoms with E-state index in [4.69, 9.17) is 15.9 Å². The van der Waals surface area contributed by atoms with Gasteiger partial charge in [0, 0.05) is 24.6 Å². The van der Waals surface area contributed by atoms with Gasteiger partial charge in [0.05, 0.1) is 24.3 Å². The van der Waals surface area contributed by atoms with Crippen molar-refractivity contribution in [1.29, 1.82) is 0 Å². The van der Waals surface area contributed by atoms with Gasteiger partial charge in [-0.1, -0.05) is 13.8 Å². The normalized spacial score (nSPS) is 41.7. The van der Waals surface area contributed by atoms with Crippen LogP contribution in [0, 0.1) is 28.6 Å². The van der Waals surface area contributed by atoms with Crippen LogP contribution < -0.4 is 17.1 Å². The van der Waals surface area contributed by atoms with Crippen LogP contribution >= 0.6 is 0 Å². The van der Waals surface area contributed by atoms with E-state index in [0.29, 0.717) is 11.8 Å². The van der Waals surface area contributed by atoms with E-state index < -0.39 is 17.6 Å². The third-order valence-corrected chi connectivity index (χ3v) is 11.6. The Labute approximate surface area is 219 Å². The summed E-state index contributed by atoms with van der Waals surface area (Å²) < 4.78 is 5.21. The van der Waals surface area contributed by atoms with E-state index in [1.807, 2.05) is 6.07 Å². The predicted molar refractivity (Wildman–Crippen MR) is 139 cm³/mol. The first kappa shape index (κ1) is 26.4. The van der Waals surface area contributed by atoms with Crippen molar-refractivity contribution in [2.75, 3.05) is 7.05 Å². The highest BCUT2D eigenvalue weighted by Crippen LogP contribution is 2.70. The van der Waals surface area contributed by atoms with Crippen LogP contribution in [-0.4, -0.2) is 46.6 Å². The Morgan fingerprint density at radius 1 is 1.11 bits per heavy atom. The Hall–Kier alpha value is -2.19. The summed E-state index contributed by atoms with van der Waals surface area (Å²) in [7, 11) is 1.81. The average Bonchev–Trinajstić information content (AvgIpc) is 3.14. The van der Waals surface area contributed by atoms with Gasteiger partial charge < -0.3 is 25.9 Å². The average molecular weight is 514 g/mol. The van der Waals surface area contributed by atoms with Crippen molar-refractivity contribution in [3.8, 4) is 0 Å². The molecule has 37 heavy (non-hydrogen) atoms. The van der Waals surface area contributed by atoms with E-state index in [-0.39, 0.29) is 46.7 Å². The first-order valence-electron chi connectivity index (χ1n) is 14.0. The minimum atomic E-state index is -0.884. The Bertz CT molecular complexity index is 1100. The van der Waals surface area contributed by atoms with Crippen LogP contribution in [0.4, 0.5) is 0 Å². The highest BCUT2D eigenvalue weighted by molar-refractivity contribution is 5.87. The van der Waals surface area contributed by atoms with Gasteiger partial charge in [-0.15, -0.1) is 0 Å². The molecule has 0 spiro atoms. The number of fused-ring (bicyclic) bond motifs is 5. The van der Waals surface area contributed by atoms with Crippen LogP contribution in [0.25, 0.3) is 0 Å². The van der Waals surface area contributed by atoms with E-state index in [1.165, 1.54) is 6.07 Å². The number of carbonyl (C=O) groups is 2. The second-order valence-electron chi connectivity index (χ2n) is 13.0. The smallest absolute Gasteiger partial charge is 0.335 e. The van der Waals surface area contributed by atoms with Crippen LogP contribution in [0.5, 0.6) is 0 Å². The van der Waals surface area contributed by atoms with Gasteiger partial charge in [-0.2, -0.15) is 0 Å². The first-order chi connectivity index (χ1) is 17.4. The highest BCUT2D eigenvalue weighted by atomic mass is 16.4. The van der Waals surface area contributed by atoms with Crippen molar-refractivity contribution in [3.63, 3.8) is 0 Å². The van der Waals surface area contributed by atoms with Crippen LogP contribution in [0.2, 0.25) is 0 Å². The van der Waals surface area contributed by atoms with Crippen molar-refractivity contribution in [2.45, 2.75) is 102 Å². The molecule has 8 nitrogen and oxygen atoms in total. The number of hydrogen-bond acceptors (Lipinski definition) is 6. The predicted octanol–water partition coefficient (Wildman–Crippen LogP) is 2.91. The number of nitrogens with zero attached hydrogens (tertiary/aromatic N) is 1. The molecule has 1 unspecified atom stereocenters. The van der Waals surface area contributed by atoms with Crippen LogP contribution in [0.1, 0.15) is 89.5 Å². The maximum atomic E-state index is 12.9. The van der Waals surface area contributed by atoms with E-state index in [0.717, 1.165) is 63.4 Å². The van der Waals surface area contributed by atoms with Gasteiger partial charge in [0.15, 0.2) is 0 Å². The number of aliphatic hydroxyl groups is 1. The topological polar surface area (TPSA) is 140 Å². The molecule has 8 heteroatoms. The fourth-order valence-electron chi connectivity index (χ4n) is 9.40. The number of amides is 2. The molecule has 5 N–H and O–H groups in total. The molecule has 204 valence electrons. The quantitative estimate of drug-likeness (QED) is 0.553. The van der Waals surface area contributed by atoms with Crippen LogP contribution in [0.3, 0.4) is 0 Å². The van der Waals surface area contributed by atoms with Crippen LogP contribution in [0.15, 0.2) is 27.6 Å². The lowest BCUT2D eigenvalue weighted by Crippen LogP contribution is -2.62. The molecule has 0 aliphatic heterocycles. The number of hydrogen-bond donors (Lipinski definition) is 3. The Kier molecular flexibility index (Phi) is 6.59. The number of carbonyl (C=O) groups excluding carboxylic acids is 2. The molecule has 4 aliphatic rings. The highest BCUT2D eigenvalue weighted by Gasteiger charge is 2.67. The van der Waals surface area contributed by atoms with Crippen molar-refractivity contribution < 1.29 is 19.1 Å².